The molecule has 1 atom stereocenters. The van der Waals surface area contributed by atoms with E-state index >= 15 is 0 Å². The Kier molecular flexibility index (Phi) is 2.79. The third kappa shape index (κ3) is 2.03. The summed E-state index contributed by atoms with van der Waals surface area (Å²) in [5.74, 6) is 1.16. The van der Waals surface area contributed by atoms with Gasteiger partial charge < -0.3 is 5.73 Å². The standard InChI is InChI=1S/C17H15N3S/c1-10-3-2-4-11(7-10)12-5-6-13-14(8-12)21-16-15(13)19-9-20-17(16)18/h2,4-10H,3H2,1H3,(H2,18,19,20). The molecule has 0 aliphatic heterocycles. The summed E-state index contributed by atoms with van der Waals surface area (Å²) < 4.78 is 2.19. The molecule has 1 aromatic carbocycles. The van der Waals surface area contributed by atoms with Crippen molar-refractivity contribution >= 4 is 43.0 Å². The Morgan fingerprint density at radius 3 is 3.05 bits per heavy atom. The third-order valence-corrected chi connectivity index (χ3v) is 5.05. The number of anilines is 1. The van der Waals surface area contributed by atoms with E-state index in [2.05, 4.69) is 53.3 Å². The molecule has 4 rings (SSSR count). The summed E-state index contributed by atoms with van der Waals surface area (Å²) in [6, 6.07) is 6.54. The highest BCUT2D eigenvalue weighted by molar-refractivity contribution is 7.26. The highest BCUT2D eigenvalue weighted by Crippen LogP contribution is 2.36. The van der Waals surface area contributed by atoms with Crippen LogP contribution in [0, 0.1) is 5.92 Å². The molecule has 104 valence electrons. The Morgan fingerprint density at radius 2 is 2.19 bits per heavy atom. The van der Waals surface area contributed by atoms with Gasteiger partial charge >= 0.3 is 0 Å². The summed E-state index contributed by atoms with van der Waals surface area (Å²) in [5, 5.41) is 1.15. The van der Waals surface area contributed by atoms with Gasteiger partial charge in [-0.3, -0.25) is 0 Å². The minimum atomic E-state index is 0.563. The maximum atomic E-state index is 5.96. The monoisotopic (exact) mass is 293 g/mol. The third-order valence-electron chi connectivity index (χ3n) is 3.88. The molecule has 3 nitrogen and oxygen atoms in total. The zero-order valence-corrected chi connectivity index (χ0v) is 12.5. The second-order valence-electron chi connectivity index (χ2n) is 5.49. The fourth-order valence-corrected chi connectivity index (χ4v) is 3.90. The van der Waals surface area contributed by atoms with E-state index in [0.717, 1.165) is 22.0 Å². The first-order chi connectivity index (χ1) is 10.2. The molecule has 1 unspecified atom stereocenters. The van der Waals surface area contributed by atoms with Crippen LogP contribution in [0.2, 0.25) is 0 Å². The second-order valence-corrected chi connectivity index (χ2v) is 6.54. The van der Waals surface area contributed by atoms with Gasteiger partial charge in [-0.2, -0.15) is 0 Å². The zero-order valence-electron chi connectivity index (χ0n) is 11.7. The Labute approximate surface area is 126 Å². The van der Waals surface area contributed by atoms with Gasteiger partial charge in [0.1, 0.15) is 12.1 Å². The number of nitrogens with zero attached hydrogens (tertiary/aromatic N) is 2. The molecule has 0 radical (unpaired) electrons. The molecule has 0 spiro atoms. The molecule has 2 heterocycles. The van der Waals surface area contributed by atoms with E-state index in [1.807, 2.05) is 0 Å². The number of allylic oxidation sites excluding steroid dienone is 4. The van der Waals surface area contributed by atoms with Gasteiger partial charge in [-0.25, -0.2) is 9.97 Å². The fraction of sp³-hybridized carbons (Fsp3) is 0.176. The first-order valence-corrected chi connectivity index (χ1v) is 7.85. The first kappa shape index (κ1) is 12.5. The van der Waals surface area contributed by atoms with Crippen LogP contribution in [-0.2, 0) is 0 Å². The lowest BCUT2D eigenvalue weighted by Gasteiger charge is -2.12. The molecule has 3 aromatic rings. The number of nitrogens with two attached hydrogens (primary N) is 1. The predicted molar refractivity (Wildman–Crippen MR) is 90.2 cm³/mol. The van der Waals surface area contributed by atoms with Gasteiger partial charge in [-0.05, 0) is 29.5 Å². The Bertz CT molecular complexity index is 905. The highest BCUT2D eigenvalue weighted by atomic mass is 32.1. The molecule has 0 bridgehead atoms. The number of rotatable bonds is 1. The van der Waals surface area contributed by atoms with Gasteiger partial charge in [0.05, 0.1) is 10.2 Å². The second kappa shape index (κ2) is 4.67. The lowest BCUT2D eigenvalue weighted by atomic mass is 9.93. The van der Waals surface area contributed by atoms with Crippen LogP contribution in [0.25, 0.3) is 25.9 Å². The van der Waals surface area contributed by atoms with E-state index in [1.54, 1.807) is 11.3 Å². The molecular weight excluding hydrogens is 278 g/mol. The molecule has 0 amide bonds. The van der Waals surface area contributed by atoms with Gasteiger partial charge in [0.2, 0.25) is 0 Å². The van der Waals surface area contributed by atoms with Crippen LogP contribution in [0.5, 0.6) is 0 Å². The largest absolute Gasteiger partial charge is 0.382 e. The molecule has 0 saturated heterocycles. The quantitative estimate of drug-likeness (QED) is 0.723. The van der Waals surface area contributed by atoms with Crippen molar-refractivity contribution in [2.75, 3.05) is 5.73 Å². The molecule has 0 saturated carbocycles. The molecule has 21 heavy (non-hydrogen) atoms. The van der Waals surface area contributed by atoms with Gasteiger partial charge in [0.25, 0.3) is 0 Å². The molecule has 1 aliphatic rings. The van der Waals surface area contributed by atoms with Crippen molar-refractivity contribution in [1.29, 1.82) is 0 Å². The van der Waals surface area contributed by atoms with Crippen LogP contribution in [-0.4, -0.2) is 9.97 Å². The summed E-state index contributed by atoms with van der Waals surface area (Å²) in [6.07, 6.45) is 9.45. The number of aromatic nitrogens is 2. The van der Waals surface area contributed by atoms with Crippen LogP contribution in [0.15, 0.2) is 42.8 Å². The maximum absolute atomic E-state index is 5.96. The smallest absolute Gasteiger partial charge is 0.144 e. The number of thiophene rings is 1. The van der Waals surface area contributed by atoms with Crippen molar-refractivity contribution in [3.8, 4) is 0 Å². The van der Waals surface area contributed by atoms with Gasteiger partial charge in [0, 0.05) is 10.1 Å². The van der Waals surface area contributed by atoms with E-state index < -0.39 is 0 Å². The molecule has 4 heteroatoms. The summed E-state index contributed by atoms with van der Waals surface area (Å²) in [5.41, 5.74) is 9.46. The number of hydrogen-bond donors (Lipinski definition) is 1. The highest BCUT2D eigenvalue weighted by Gasteiger charge is 2.12. The summed E-state index contributed by atoms with van der Waals surface area (Å²) in [7, 11) is 0. The van der Waals surface area contributed by atoms with E-state index in [4.69, 9.17) is 5.73 Å². The lowest BCUT2D eigenvalue weighted by Crippen LogP contribution is -1.94. The van der Waals surface area contributed by atoms with Crippen LogP contribution >= 0.6 is 11.3 Å². The van der Waals surface area contributed by atoms with E-state index in [0.29, 0.717) is 11.7 Å². The van der Waals surface area contributed by atoms with Crippen LogP contribution < -0.4 is 5.73 Å². The van der Waals surface area contributed by atoms with Crippen molar-refractivity contribution < 1.29 is 0 Å². The van der Waals surface area contributed by atoms with Gasteiger partial charge in [-0.15, -0.1) is 11.3 Å². The minimum absolute atomic E-state index is 0.563. The fourth-order valence-electron chi connectivity index (χ4n) is 2.80. The van der Waals surface area contributed by atoms with Crippen molar-refractivity contribution in [3.05, 3.63) is 48.3 Å². The van der Waals surface area contributed by atoms with Crippen molar-refractivity contribution in [1.82, 2.24) is 9.97 Å². The predicted octanol–water partition coefficient (Wildman–Crippen LogP) is 4.41. The lowest BCUT2D eigenvalue weighted by molar-refractivity contribution is 0.740. The molecule has 2 N–H and O–H groups in total. The Balaban J connectivity index is 1.93. The maximum Gasteiger partial charge on any atom is 0.144 e. The number of hydrogen-bond acceptors (Lipinski definition) is 4. The average molecular weight is 293 g/mol. The minimum Gasteiger partial charge on any atom is -0.382 e. The molecule has 2 aromatic heterocycles. The van der Waals surface area contributed by atoms with Crippen LogP contribution in [0.4, 0.5) is 5.82 Å². The Hall–Kier alpha value is -2.20. The number of fused-ring (bicyclic) bond motifs is 3. The summed E-state index contributed by atoms with van der Waals surface area (Å²) in [6.45, 7) is 2.25. The van der Waals surface area contributed by atoms with Crippen molar-refractivity contribution in [2.45, 2.75) is 13.3 Å². The molecule has 0 fully saturated rings. The normalized spacial score (nSPS) is 18.3. The van der Waals surface area contributed by atoms with E-state index in [9.17, 15) is 0 Å². The topological polar surface area (TPSA) is 51.8 Å². The number of benzene rings is 1. The SMILES string of the molecule is CC1C=C(c2ccc3c(c2)sc2c(N)ncnc23)C=CC1. The van der Waals surface area contributed by atoms with Crippen molar-refractivity contribution in [3.63, 3.8) is 0 Å². The average Bonchev–Trinajstić information content (AvgIpc) is 2.87. The van der Waals surface area contributed by atoms with Gasteiger partial charge in [0.15, 0.2) is 0 Å². The Morgan fingerprint density at radius 1 is 1.29 bits per heavy atom. The van der Waals surface area contributed by atoms with Crippen LogP contribution in [0.3, 0.4) is 0 Å². The van der Waals surface area contributed by atoms with E-state index in [1.165, 1.54) is 22.2 Å². The van der Waals surface area contributed by atoms with Gasteiger partial charge in [-0.1, -0.05) is 37.3 Å². The van der Waals surface area contributed by atoms with Crippen LogP contribution in [0.1, 0.15) is 18.9 Å². The van der Waals surface area contributed by atoms with E-state index in [-0.39, 0.29) is 0 Å². The molecular formula is C17H15N3S. The summed E-state index contributed by atoms with van der Waals surface area (Å²) in [4.78, 5) is 8.45. The summed E-state index contributed by atoms with van der Waals surface area (Å²) >= 11 is 1.67. The first-order valence-electron chi connectivity index (χ1n) is 7.04. The number of nitrogen functional groups attached to an aromatic ring is 1. The molecule has 1 aliphatic carbocycles. The zero-order chi connectivity index (χ0) is 14.4. The van der Waals surface area contributed by atoms with Crippen molar-refractivity contribution in [2.24, 2.45) is 5.92 Å².